The summed E-state index contributed by atoms with van der Waals surface area (Å²) < 4.78 is 15.5. The van der Waals surface area contributed by atoms with Crippen LogP contribution in [0.5, 0.6) is 0 Å². The standard InChI is InChI=1S/C21H21FN4O3S/c1-4-23-20(29)25-18(27)13(3)30-21-24-17-8-6-5-7-15(17)19(28)26(21)14-10-9-12(2)16(22)11-14/h5-11,13H,4H2,1-3H3,(H2,23,25,27,29). The monoisotopic (exact) mass is 428 g/mol. The summed E-state index contributed by atoms with van der Waals surface area (Å²) in [6.45, 7) is 5.34. The Morgan fingerprint density at radius 2 is 1.97 bits per heavy atom. The fourth-order valence-corrected chi connectivity index (χ4v) is 3.70. The number of fused-ring (bicyclic) bond motifs is 1. The molecule has 1 atom stereocenters. The highest BCUT2D eigenvalue weighted by Crippen LogP contribution is 2.25. The van der Waals surface area contributed by atoms with E-state index in [9.17, 15) is 18.8 Å². The zero-order chi connectivity index (χ0) is 21.8. The average Bonchev–Trinajstić information content (AvgIpc) is 2.70. The van der Waals surface area contributed by atoms with Crippen molar-refractivity contribution in [3.8, 4) is 5.69 Å². The summed E-state index contributed by atoms with van der Waals surface area (Å²) in [5.74, 6) is -0.986. The Bertz CT molecular complexity index is 1180. The third kappa shape index (κ3) is 4.51. The molecular formula is C21H21FN4O3S. The van der Waals surface area contributed by atoms with Crippen LogP contribution in [-0.4, -0.2) is 33.3 Å². The Hall–Kier alpha value is -3.20. The van der Waals surface area contributed by atoms with Crippen LogP contribution in [0.4, 0.5) is 9.18 Å². The number of hydrogen-bond acceptors (Lipinski definition) is 5. The van der Waals surface area contributed by atoms with Gasteiger partial charge in [0, 0.05) is 6.54 Å². The highest BCUT2D eigenvalue weighted by Gasteiger charge is 2.22. The largest absolute Gasteiger partial charge is 0.338 e. The van der Waals surface area contributed by atoms with Crippen molar-refractivity contribution in [2.75, 3.05) is 6.54 Å². The van der Waals surface area contributed by atoms with Gasteiger partial charge in [-0.15, -0.1) is 0 Å². The van der Waals surface area contributed by atoms with E-state index in [4.69, 9.17) is 0 Å². The molecule has 3 rings (SSSR count). The molecule has 0 aliphatic carbocycles. The van der Waals surface area contributed by atoms with Gasteiger partial charge < -0.3 is 5.32 Å². The predicted octanol–water partition coefficient (Wildman–Crippen LogP) is 3.16. The molecule has 0 saturated heterocycles. The molecule has 9 heteroatoms. The number of hydrogen-bond donors (Lipinski definition) is 2. The van der Waals surface area contributed by atoms with Crippen LogP contribution in [0.1, 0.15) is 19.4 Å². The molecule has 0 spiro atoms. The minimum Gasteiger partial charge on any atom is -0.338 e. The number of imide groups is 1. The Kier molecular flexibility index (Phi) is 6.51. The van der Waals surface area contributed by atoms with Crippen LogP contribution >= 0.6 is 11.8 Å². The van der Waals surface area contributed by atoms with Gasteiger partial charge in [0.2, 0.25) is 5.91 Å². The highest BCUT2D eigenvalue weighted by molar-refractivity contribution is 8.00. The number of rotatable bonds is 5. The van der Waals surface area contributed by atoms with E-state index >= 15 is 0 Å². The molecule has 7 nitrogen and oxygen atoms in total. The van der Waals surface area contributed by atoms with Gasteiger partial charge in [0.05, 0.1) is 21.8 Å². The van der Waals surface area contributed by atoms with E-state index in [2.05, 4.69) is 15.6 Å². The molecule has 2 aromatic carbocycles. The third-order valence-corrected chi connectivity index (χ3v) is 5.44. The molecule has 2 N–H and O–H groups in total. The maximum atomic E-state index is 14.2. The van der Waals surface area contributed by atoms with Crippen molar-refractivity contribution >= 4 is 34.6 Å². The number of para-hydroxylation sites is 1. The van der Waals surface area contributed by atoms with E-state index in [1.54, 1.807) is 57.2 Å². The first-order valence-corrected chi connectivity index (χ1v) is 10.2. The Morgan fingerprint density at radius 3 is 2.67 bits per heavy atom. The van der Waals surface area contributed by atoms with E-state index in [-0.39, 0.29) is 10.7 Å². The van der Waals surface area contributed by atoms with Gasteiger partial charge >= 0.3 is 6.03 Å². The molecule has 0 bridgehead atoms. The molecule has 3 aromatic rings. The van der Waals surface area contributed by atoms with Crippen LogP contribution in [0.25, 0.3) is 16.6 Å². The number of halogens is 1. The number of aromatic nitrogens is 2. The molecule has 156 valence electrons. The predicted molar refractivity (Wildman–Crippen MR) is 115 cm³/mol. The second kappa shape index (κ2) is 9.08. The van der Waals surface area contributed by atoms with Crippen molar-refractivity contribution < 1.29 is 14.0 Å². The van der Waals surface area contributed by atoms with Crippen LogP contribution in [0, 0.1) is 12.7 Å². The summed E-state index contributed by atoms with van der Waals surface area (Å²) >= 11 is 1.01. The van der Waals surface area contributed by atoms with Crippen molar-refractivity contribution in [3.05, 3.63) is 64.2 Å². The molecule has 1 heterocycles. The zero-order valence-corrected chi connectivity index (χ0v) is 17.5. The first kappa shape index (κ1) is 21.5. The minimum absolute atomic E-state index is 0.223. The van der Waals surface area contributed by atoms with Crippen LogP contribution in [0.3, 0.4) is 0 Å². The quantitative estimate of drug-likeness (QED) is 0.481. The number of nitrogens with one attached hydrogen (secondary N) is 2. The van der Waals surface area contributed by atoms with Crippen LogP contribution in [0.2, 0.25) is 0 Å². The van der Waals surface area contributed by atoms with Crippen molar-refractivity contribution in [3.63, 3.8) is 0 Å². The van der Waals surface area contributed by atoms with E-state index in [1.165, 1.54) is 10.6 Å². The van der Waals surface area contributed by atoms with Crippen molar-refractivity contribution in [2.24, 2.45) is 0 Å². The lowest BCUT2D eigenvalue weighted by Gasteiger charge is -2.16. The summed E-state index contributed by atoms with van der Waals surface area (Å²) in [7, 11) is 0. The van der Waals surface area contributed by atoms with Gasteiger partial charge in [-0.3, -0.25) is 19.5 Å². The lowest BCUT2D eigenvalue weighted by atomic mass is 10.2. The lowest BCUT2D eigenvalue weighted by molar-refractivity contribution is -0.119. The van der Waals surface area contributed by atoms with E-state index in [0.717, 1.165) is 11.8 Å². The van der Waals surface area contributed by atoms with Crippen molar-refractivity contribution in [1.29, 1.82) is 0 Å². The van der Waals surface area contributed by atoms with Gasteiger partial charge in [0.1, 0.15) is 5.82 Å². The fraction of sp³-hybridized carbons (Fsp3) is 0.238. The molecule has 0 fully saturated rings. The average molecular weight is 428 g/mol. The van der Waals surface area contributed by atoms with Crippen LogP contribution < -0.4 is 16.2 Å². The fourth-order valence-electron chi connectivity index (χ4n) is 2.77. The summed E-state index contributed by atoms with van der Waals surface area (Å²) in [6, 6.07) is 10.7. The summed E-state index contributed by atoms with van der Waals surface area (Å²) in [5, 5.41) is 4.59. The van der Waals surface area contributed by atoms with Gasteiger partial charge in [0.25, 0.3) is 5.56 Å². The number of amides is 3. The van der Waals surface area contributed by atoms with Gasteiger partial charge in [-0.05, 0) is 50.6 Å². The number of urea groups is 1. The molecule has 0 radical (unpaired) electrons. The Labute approximate surface area is 176 Å². The molecule has 0 saturated carbocycles. The Balaban J connectivity index is 2.06. The summed E-state index contributed by atoms with van der Waals surface area (Å²) in [4.78, 5) is 41.7. The number of benzene rings is 2. The van der Waals surface area contributed by atoms with E-state index in [0.29, 0.717) is 28.7 Å². The minimum atomic E-state index is -0.734. The molecule has 0 aliphatic heterocycles. The number of nitrogens with zero attached hydrogens (tertiary/aromatic N) is 2. The molecule has 1 aromatic heterocycles. The summed E-state index contributed by atoms with van der Waals surface area (Å²) in [5.41, 5.74) is 0.845. The SMILES string of the molecule is CCNC(=O)NC(=O)C(C)Sc1nc2ccccc2c(=O)n1-c1ccc(C)c(F)c1. The van der Waals surface area contributed by atoms with Gasteiger partial charge in [-0.25, -0.2) is 14.2 Å². The van der Waals surface area contributed by atoms with Gasteiger partial charge in [0.15, 0.2) is 5.16 Å². The van der Waals surface area contributed by atoms with Crippen LogP contribution in [0.15, 0.2) is 52.4 Å². The van der Waals surface area contributed by atoms with Gasteiger partial charge in [-0.2, -0.15) is 0 Å². The highest BCUT2D eigenvalue weighted by atomic mass is 32.2. The zero-order valence-electron chi connectivity index (χ0n) is 16.7. The summed E-state index contributed by atoms with van der Waals surface area (Å²) in [6.07, 6.45) is 0. The third-order valence-electron chi connectivity index (χ3n) is 4.38. The van der Waals surface area contributed by atoms with Gasteiger partial charge in [-0.1, -0.05) is 30.0 Å². The van der Waals surface area contributed by atoms with E-state index in [1.807, 2.05) is 0 Å². The smallest absolute Gasteiger partial charge is 0.321 e. The number of aryl methyl sites for hydroxylation is 1. The molecule has 1 unspecified atom stereocenters. The van der Waals surface area contributed by atoms with Crippen LogP contribution in [-0.2, 0) is 4.79 Å². The number of thioether (sulfide) groups is 1. The first-order valence-electron chi connectivity index (χ1n) is 9.35. The maximum Gasteiger partial charge on any atom is 0.321 e. The molecule has 3 amide bonds. The normalized spacial score (nSPS) is 11.9. The lowest BCUT2D eigenvalue weighted by Crippen LogP contribution is -2.42. The second-order valence-corrected chi connectivity index (χ2v) is 7.90. The van der Waals surface area contributed by atoms with E-state index < -0.39 is 23.0 Å². The topological polar surface area (TPSA) is 93.1 Å². The second-order valence-electron chi connectivity index (χ2n) is 6.59. The molecule has 30 heavy (non-hydrogen) atoms. The van der Waals surface area contributed by atoms with Crippen molar-refractivity contribution in [1.82, 2.24) is 20.2 Å². The Morgan fingerprint density at radius 1 is 1.23 bits per heavy atom. The van der Waals surface area contributed by atoms with Crippen molar-refractivity contribution in [2.45, 2.75) is 31.2 Å². The molecular weight excluding hydrogens is 407 g/mol. The first-order chi connectivity index (χ1) is 14.3. The molecule has 0 aliphatic rings. The maximum absolute atomic E-state index is 14.2. The number of carbonyl (C=O) groups is 2. The number of carbonyl (C=O) groups excluding carboxylic acids is 2.